The molecule has 1 aliphatic rings. The SMILES string of the molecule is CCCNC(=O)N1CCC[C@H]1c1nnc(C(=O)Nc2cccc(Cl)c2)s1. The molecule has 0 saturated carbocycles. The van der Waals surface area contributed by atoms with Gasteiger partial charge in [-0.15, -0.1) is 10.2 Å². The van der Waals surface area contributed by atoms with Crippen LogP contribution in [0.4, 0.5) is 10.5 Å². The highest BCUT2D eigenvalue weighted by Gasteiger charge is 2.33. The minimum absolute atomic E-state index is 0.0884. The van der Waals surface area contributed by atoms with Gasteiger partial charge in [-0.2, -0.15) is 0 Å². The lowest BCUT2D eigenvalue weighted by Gasteiger charge is -2.22. The molecule has 9 heteroatoms. The molecule has 0 aliphatic carbocycles. The van der Waals surface area contributed by atoms with Gasteiger partial charge in [-0.05, 0) is 37.5 Å². The van der Waals surface area contributed by atoms with Gasteiger partial charge in [0.15, 0.2) is 0 Å². The molecule has 1 aliphatic heterocycles. The second kappa shape index (κ2) is 8.46. The Kier molecular flexibility index (Phi) is 6.05. The van der Waals surface area contributed by atoms with Gasteiger partial charge in [0, 0.05) is 23.8 Å². The predicted molar refractivity (Wildman–Crippen MR) is 102 cm³/mol. The highest BCUT2D eigenvalue weighted by atomic mass is 35.5. The van der Waals surface area contributed by atoms with Crippen molar-refractivity contribution in [2.75, 3.05) is 18.4 Å². The van der Waals surface area contributed by atoms with Crippen LogP contribution in [0.3, 0.4) is 0 Å². The summed E-state index contributed by atoms with van der Waals surface area (Å²) in [5.41, 5.74) is 0.598. The molecule has 1 atom stereocenters. The second-order valence-corrected chi connectivity index (χ2v) is 7.44. The first-order chi connectivity index (χ1) is 12.6. The van der Waals surface area contributed by atoms with Gasteiger partial charge in [0.05, 0.1) is 6.04 Å². The molecule has 0 bridgehead atoms. The molecule has 0 spiro atoms. The van der Waals surface area contributed by atoms with Gasteiger partial charge in [0.25, 0.3) is 5.91 Å². The van der Waals surface area contributed by atoms with Gasteiger partial charge in [0.1, 0.15) is 5.01 Å². The topological polar surface area (TPSA) is 87.2 Å². The number of aromatic nitrogens is 2. The normalized spacial score (nSPS) is 16.5. The summed E-state index contributed by atoms with van der Waals surface area (Å²) in [5, 5.41) is 15.3. The highest BCUT2D eigenvalue weighted by molar-refractivity contribution is 7.13. The first-order valence-electron chi connectivity index (χ1n) is 8.53. The summed E-state index contributed by atoms with van der Waals surface area (Å²) in [6.45, 7) is 3.34. The summed E-state index contributed by atoms with van der Waals surface area (Å²) in [7, 11) is 0. The van der Waals surface area contributed by atoms with Crippen LogP contribution in [0.5, 0.6) is 0 Å². The van der Waals surface area contributed by atoms with Crippen LogP contribution < -0.4 is 10.6 Å². The molecule has 26 heavy (non-hydrogen) atoms. The first-order valence-corrected chi connectivity index (χ1v) is 9.72. The summed E-state index contributed by atoms with van der Waals surface area (Å²) in [4.78, 5) is 26.4. The summed E-state index contributed by atoms with van der Waals surface area (Å²) < 4.78 is 0. The zero-order valence-corrected chi connectivity index (χ0v) is 15.9. The number of likely N-dealkylation sites (tertiary alicyclic amines) is 1. The van der Waals surface area contributed by atoms with Crippen molar-refractivity contribution in [1.82, 2.24) is 20.4 Å². The highest BCUT2D eigenvalue weighted by Crippen LogP contribution is 2.33. The number of nitrogens with one attached hydrogen (secondary N) is 2. The van der Waals surface area contributed by atoms with Gasteiger partial charge >= 0.3 is 6.03 Å². The smallest absolute Gasteiger partial charge is 0.317 e. The number of anilines is 1. The van der Waals surface area contributed by atoms with E-state index in [1.54, 1.807) is 29.2 Å². The van der Waals surface area contributed by atoms with Crippen molar-refractivity contribution >= 4 is 40.6 Å². The Bertz CT molecular complexity index is 797. The van der Waals surface area contributed by atoms with E-state index in [1.165, 1.54) is 11.3 Å². The first kappa shape index (κ1) is 18.6. The van der Waals surface area contributed by atoms with Crippen molar-refractivity contribution in [3.05, 3.63) is 39.3 Å². The average molecular weight is 394 g/mol. The lowest BCUT2D eigenvalue weighted by Crippen LogP contribution is -2.39. The predicted octanol–water partition coefficient (Wildman–Crippen LogP) is 3.70. The summed E-state index contributed by atoms with van der Waals surface area (Å²) >= 11 is 7.14. The van der Waals surface area contributed by atoms with Crippen molar-refractivity contribution in [3.63, 3.8) is 0 Å². The minimum atomic E-state index is -0.337. The standard InChI is InChI=1S/C17H20ClN5O2S/c1-2-8-19-17(25)23-9-4-7-13(23)15-21-22-16(26-15)14(24)20-12-6-3-5-11(18)10-12/h3,5-6,10,13H,2,4,7-9H2,1H3,(H,19,25)(H,20,24)/t13-/m0/s1. The Morgan fingerprint density at radius 3 is 3.00 bits per heavy atom. The Morgan fingerprint density at radius 2 is 2.23 bits per heavy atom. The van der Waals surface area contributed by atoms with Gasteiger partial charge in [-0.1, -0.05) is 35.9 Å². The number of hydrogen-bond donors (Lipinski definition) is 2. The molecule has 7 nitrogen and oxygen atoms in total. The van der Waals surface area contributed by atoms with E-state index in [0.717, 1.165) is 19.3 Å². The van der Waals surface area contributed by atoms with E-state index in [-0.39, 0.29) is 23.0 Å². The van der Waals surface area contributed by atoms with Crippen molar-refractivity contribution < 1.29 is 9.59 Å². The van der Waals surface area contributed by atoms with Crippen molar-refractivity contribution in [3.8, 4) is 0 Å². The number of benzene rings is 1. The number of carbonyl (C=O) groups is 2. The summed E-state index contributed by atoms with van der Waals surface area (Å²) in [5.74, 6) is -0.337. The van der Waals surface area contributed by atoms with Crippen LogP contribution in [0.25, 0.3) is 0 Å². The molecule has 1 aromatic carbocycles. The van der Waals surface area contributed by atoms with E-state index >= 15 is 0 Å². The van der Waals surface area contributed by atoms with Gasteiger partial charge < -0.3 is 15.5 Å². The number of rotatable bonds is 5. The minimum Gasteiger partial charge on any atom is -0.338 e. The van der Waals surface area contributed by atoms with E-state index in [1.807, 2.05) is 6.92 Å². The molecule has 0 unspecified atom stereocenters. The van der Waals surface area contributed by atoms with E-state index in [4.69, 9.17) is 11.6 Å². The Hall–Kier alpha value is -2.19. The number of carbonyl (C=O) groups excluding carboxylic acids is 2. The fourth-order valence-electron chi connectivity index (χ4n) is 2.81. The maximum atomic E-state index is 12.4. The van der Waals surface area contributed by atoms with Gasteiger partial charge in [0.2, 0.25) is 5.01 Å². The van der Waals surface area contributed by atoms with Crippen LogP contribution in [-0.2, 0) is 0 Å². The van der Waals surface area contributed by atoms with E-state index in [0.29, 0.717) is 28.8 Å². The van der Waals surface area contributed by atoms with Gasteiger partial charge in [-0.25, -0.2) is 4.79 Å². The number of nitrogens with zero attached hydrogens (tertiary/aromatic N) is 3. The Balaban J connectivity index is 1.68. The third kappa shape index (κ3) is 4.31. The van der Waals surface area contributed by atoms with Crippen LogP contribution in [0.2, 0.25) is 5.02 Å². The molecule has 2 aromatic rings. The number of hydrogen-bond acceptors (Lipinski definition) is 5. The summed E-state index contributed by atoms with van der Waals surface area (Å²) in [6.07, 6.45) is 2.62. The van der Waals surface area contributed by atoms with Crippen LogP contribution in [0, 0.1) is 0 Å². The number of amides is 3. The van der Waals surface area contributed by atoms with Crippen LogP contribution >= 0.6 is 22.9 Å². The molecule has 0 radical (unpaired) electrons. The molecule has 2 N–H and O–H groups in total. The lowest BCUT2D eigenvalue weighted by molar-refractivity contribution is 0.102. The second-order valence-electron chi connectivity index (χ2n) is 5.99. The van der Waals surface area contributed by atoms with Crippen LogP contribution in [0.1, 0.15) is 47.0 Å². The summed E-state index contributed by atoms with van der Waals surface area (Å²) in [6, 6.07) is 6.69. The lowest BCUT2D eigenvalue weighted by atomic mass is 10.2. The fourth-order valence-corrected chi connectivity index (χ4v) is 3.89. The van der Waals surface area contributed by atoms with Gasteiger partial charge in [-0.3, -0.25) is 4.79 Å². The third-order valence-electron chi connectivity index (χ3n) is 4.04. The molecular formula is C17H20ClN5O2S. The van der Waals surface area contributed by atoms with Crippen LogP contribution in [-0.4, -0.2) is 40.1 Å². The largest absolute Gasteiger partial charge is 0.338 e. The van der Waals surface area contributed by atoms with E-state index < -0.39 is 0 Å². The molecule has 1 fully saturated rings. The molecule has 2 heterocycles. The molecule has 138 valence electrons. The molecule has 3 amide bonds. The maximum Gasteiger partial charge on any atom is 0.317 e. The molecule has 3 rings (SSSR count). The number of halogens is 1. The van der Waals surface area contributed by atoms with Crippen LogP contribution in [0.15, 0.2) is 24.3 Å². The Morgan fingerprint density at radius 1 is 1.38 bits per heavy atom. The van der Waals surface area contributed by atoms with E-state index in [9.17, 15) is 9.59 Å². The molecule has 1 saturated heterocycles. The molecule has 1 aromatic heterocycles. The zero-order valence-electron chi connectivity index (χ0n) is 14.4. The van der Waals surface area contributed by atoms with Crippen molar-refractivity contribution in [1.29, 1.82) is 0 Å². The maximum absolute atomic E-state index is 12.4. The monoisotopic (exact) mass is 393 g/mol. The Labute approximate surface area is 160 Å². The zero-order chi connectivity index (χ0) is 18.5. The van der Waals surface area contributed by atoms with Crippen molar-refractivity contribution in [2.24, 2.45) is 0 Å². The third-order valence-corrected chi connectivity index (χ3v) is 5.30. The average Bonchev–Trinajstić information content (AvgIpc) is 3.28. The van der Waals surface area contributed by atoms with E-state index in [2.05, 4.69) is 20.8 Å². The quantitative estimate of drug-likeness (QED) is 0.810. The van der Waals surface area contributed by atoms with Crippen molar-refractivity contribution in [2.45, 2.75) is 32.2 Å². The number of urea groups is 1. The molecular weight excluding hydrogens is 374 g/mol. The fraction of sp³-hybridized carbons (Fsp3) is 0.412.